The SMILES string of the molecule is C[C@@H]1c2ccccc2C2(C(C)(C)C)OOC1O2. The van der Waals surface area contributed by atoms with Crippen molar-refractivity contribution in [3.8, 4) is 0 Å². The van der Waals surface area contributed by atoms with Gasteiger partial charge in [-0.15, -0.1) is 0 Å². The Labute approximate surface area is 102 Å². The van der Waals surface area contributed by atoms with Crippen molar-refractivity contribution in [1.29, 1.82) is 0 Å². The molecule has 2 aliphatic heterocycles. The van der Waals surface area contributed by atoms with E-state index in [1.807, 2.05) is 6.07 Å². The minimum atomic E-state index is -0.777. The van der Waals surface area contributed by atoms with Gasteiger partial charge in [0.2, 0.25) is 12.1 Å². The highest BCUT2D eigenvalue weighted by atomic mass is 17.3. The molecule has 2 heterocycles. The maximum atomic E-state index is 6.04. The Hall–Kier alpha value is -0.900. The molecular formula is C14H18O3. The Balaban J connectivity index is 2.23. The van der Waals surface area contributed by atoms with Crippen LogP contribution in [-0.2, 0) is 20.3 Å². The smallest absolute Gasteiger partial charge is 0.235 e. The summed E-state index contributed by atoms with van der Waals surface area (Å²) < 4.78 is 6.04. The van der Waals surface area contributed by atoms with Gasteiger partial charge < -0.3 is 4.74 Å². The summed E-state index contributed by atoms with van der Waals surface area (Å²) in [5.74, 6) is -0.579. The van der Waals surface area contributed by atoms with Crippen molar-refractivity contribution in [2.45, 2.75) is 45.7 Å². The highest BCUT2D eigenvalue weighted by Gasteiger charge is 2.59. The Kier molecular flexibility index (Phi) is 2.18. The second kappa shape index (κ2) is 3.31. The van der Waals surface area contributed by atoms with E-state index in [9.17, 15) is 0 Å². The number of benzene rings is 1. The molecule has 0 spiro atoms. The minimum absolute atomic E-state index is 0.183. The van der Waals surface area contributed by atoms with Gasteiger partial charge in [0.25, 0.3) is 0 Å². The minimum Gasteiger partial charge on any atom is -0.310 e. The molecule has 2 aliphatic rings. The maximum Gasteiger partial charge on any atom is 0.235 e. The molecule has 0 amide bonds. The lowest BCUT2D eigenvalue weighted by atomic mass is 9.76. The highest BCUT2D eigenvalue weighted by Crippen LogP contribution is 2.55. The first-order valence-corrected chi connectivity index (χ1v) is 6.07. The van der Waals surface area contributed by atoms with Crippen LogP contribution in [0, 0.1) is 5.41 Å². The number of hydrogen-bond acceptors (Lipinski definition) is 3. The molecule has 1 aromatic carbocycles. The van der Waals surface area contributed by atoms with Crippen LogP contribution in [0.1, 0.15) is 44.7 Å². The normalized spacial score (nSPS) is 35.8. The van der Waals surface area contributed by atoms with Crippen molar-refractivity contribution in [2.24, 2.45) is 5.41 Å². The molecule has 0 aromatic heterocycles. The molecule has 3 atom stereocenters. The quantitative estimate of drug-likeness (QED) is 0.644. The summed E-state index contributed by atoms with van der Waals surface area (Å²) in [6.45, 7) is 8.41. The van der Waals surface area contributed by atoms with Crippen LogP contribution in [0.4, 0.5) is 0 Å². The Morgan fingerprint density at radius 3 is 2.59 bits per heavy atom. The third-order valence-electron chi connectivity index (χ3n) is 3.74. The first-order valence-electron chi connectivity index (χ1n) is 6.07. The summed E-state index contributed by atoms with van der Waals surface area (Å²) in [5.41, 5.74) is 2.17. The van der Waals surface area contributed by atoms with Crippen LogP contribution in [0.5, 0.6) is 0 Å². The van der Waals surface area contributed by atoms with E-state index < -0.39 is 5.79 Å². The van der Waals surface area contributed by atoms with Crippen LogP contribution in [-0.4, -0.2) is 6.29 Å². The van der Waals surface area contributed by atoms with Crippen LogP contribution >= 0.6 is 0 Å². The largest absolute Gasteiger partial charge is 0.310 e. The van der Waals surface area contributed by atoms with E-state index in [-0.39, 0.29) is 17.6 Å². The van der Waals surface area contributed by atoms with E-state index in [4.69, 9.17) is 14.5 Å². The van der Waals surface area contributed by atoms with Gasteiger partial charge in [0.1, 0.15) is 0 Å². The molecule has 1 fully saturated rings. The van der Waals surface area contributed by atoms with E-state index in [1.165, 1.54) is 5.56 Å². The van der Waals surface area contributed by atoms with Crippen molar-refractivity contribution >= 4 is 0 Å². The second-order valence-electron chi connectivity index (χ2n) is 5.91. The molecule has 1 saturated heterocycles. The molecule has 0 N–H and O–H groups in total. The van der Waals surface area contributed by atoms with Crippen LogP contribution in [0.2, 0.25) is 0 Å². The zero-order valence-corrected chi connectivity index (χ0v) is 10.7. The lowest BCUT2D eigenvalue weighted by Gasteiger charge is -2.42. The van der Waals surface area contributed by atoms with Gasteiger partial charge in [-0.1, -0.05) is 52.0 Å². The van der Waals surface area contributed by atoms with Crippen LogP contribution in [0.3, 0.4) is 0 Å². The fourth-order valence-electron chi connectivity index (χ4n) is 2.66. The molecular weight excluding hydrogens is 216 g/mol. The predicted octanol–water partition coefficient (Wildman–Crippen LogP) is 3.31. The van der Waals surface area contributed by atoms with Gasteiger partial charge in [-0.3, -0.25) is 0 Å². The van der Waals surface area contributed by atoms with E-state index in [0.29, 0.717) is 0 Å². The molecule has 0 saturated carbocycles. The standard InChI is InChI=1S/C14H18O3/c1-9-10-7-5-6-8-11(10)14(13(2,3)4)15-12(9)16-17-14/h5-9,12H,1-4H3/t9-,12?,14?/m1/s1. The highest BCUT2D eigenvalue weighted by molar-refractivity contribution is 5.37. The van der Waals surface area contributed by atoms with Gasteiger partial charge in [-0.05, 0) is 5.56 Å². The van der Waals surface area contributed by atoms with Crippen molar-refractivity contribution in [2.75, 3.05) is 0 Å². The average Bonchev–Trinajstić information content (AvgIpc) is 2.69. The number of hydrogen-bond donors (Lipinski definition) is 0. The van der Waals surface area contributed by atoms with E-state index in [0.717, 1.165) is 5.56 Å². The molecule has 1 aromatic rings. The average molecular weight is 234 g/mol. The Morgan fingerprint density at radius 1 is 1.18 bits per heavy atom. The lowest BCUT2D eigenvalue weighted by molar-refractivity contribution is -0.360. The van der Waals surface area contributed by atoms with Crippen LogP contribution in [0.25, 0.3) is 0 Å². The van der Waals surface area contributed by atoms with Crippen LogP contribution in [0.15, 0.2) is 24.3 Å². The fourth-order valence-corrected chi connectivity index (χ4v) is 2.66. The predicted molar refractivity (Wildman–Crippen MR) is 63.0 cm³/mol. The summed E-state index contributed by atoms with van der Waals surface area (Å²) in [5, 5.41) is 0. The first kappa shape index (κ1) is 11.2. The van der Waals surface area contributed by atoms with Gasteiger partial charge >= 0.3 is 0 Å². The number of fused-ring (bicyclic) bond motifs is 4. The van der Waals surface area contributed by atoms with E-state index >= 15 is 0 Å². The first-order chi connectivity index (χ1) is 7.96. The van der Waals surface area contributed by atoms with Crippen molar-refractivity contribution < 1.29 is 14.5 Å². The summed E-state index contributed by atoms with van der Waals surface area (Å²) in [6, 6.07) is 8.27. The van der Waals surface area contributed by atoms with Crippen molar-refractivity contribution in [1.82, 2.24) is 0 Å². The monoisotopic (exact) mass is 234 g/mol. The maximum absolute atomic E-state index is 6.04. The van der Waals surface area contributed by atoms with E-state index in [1.54, 1.807) is 0 Å². The van der Waals surface area contributed by atoms with Gasteiger partial charge in [0, 0.05) is 16.9 Å². The van der Waals surface area contributed by atoms with Gasteiger partial charge in [-0.2, -0.15) is 4.89 Å². The Morgan fingerprint density at radius 2 is 1.88 bits per heavy atom. The van der Waals surface area contributed by atoms with Crippen LogP contribution < -0.4 is 0 Å². The van der Waals surface area contributed by atoms with Gasteiger partial charge in [0.15, 0.2) is 0 Å². The van der Waals surface area contributed by atoms with Crippen molar-refractivity contribution in [3.05, 3.63) is 35.4 Å². The molecule has 3 heteroatoms. The summed E-state index contributed by atoms with van der Waals surface area (Å²) in [7, 11) is 0. The molecule has 3 nitrogen and oxygen atoms in total. The summed E-state index contributed by atoms with van der Waals surface area (Å²) >= 11 is 0. The molecule has 17 heavy (non-hydrogen) atoms. The fraction of sp³-hybridized carbons (Fsp3) is 0.571. The molecule has 0 aliphatic carbocycles. The molecule has 2 bridgehead atoms. The molecule has 3 rings (SSSR count). The molecule has 2 unspecified atom stereocenters. The zero-order chi connectivity index (χ0) is 12.3. The van der Waals surface area contributed by atoms with Crippen molar-refractivity contribution in [3.63, 3.8) is 0 Å². The lowest BCUT2D eigenvalue weighted by Crippen LogP contribution is -2.45. The topological polar surface area (TPSA) is 27.7 Å². The van der Waals surface area contributed by atoms with Gasteiger partial charge in [-0.25, -0.2) is 4.89 Å². The van der Waals surface area contributed by atoms with E-state index in [2.05, 4.69) is 45.9 Å². The summed E-state index contributed by atoms with van der Waals surface area (Å²) in [6.07, 6.45) is -0.302. The Bertz CT molecular complexity index is 449. The molecule has 0 radical (unpaired) electrons. The summed E-state index contributed by atoms with van der Waals surface area (Å²) in [4.78, 5) is 11.0. The molecule has 92 valence electrons. The zero-order valence-electron chi connectivity index (χ0n) is 10.7. The van der Waals surface area contributed by atoms with Gasteiger partial charge in [0.05, 0.1) is 0 Å². The number of ether oxygens (including phenoxy) is 1. The third-order valence-corrected chi connectivity index (χ3v) is 3.74. The number of rotatable bonds is 0. The third kappa shape index (κ3) is 1.33. The second-order valence-corrected chi connectivity index (χ2v) is 5.91.